The lowest BCUT2D eigenvalue weighted by Gasteiger charge is -2.22. The summed E-state index contributed by atoms with van der Waals surface area (Å²) in [4.78, 5) is 13.6. The Morgan fingerprint density at radius 2 is 2.04 bits per heavy atom. The van der Waals surface area contributed by atoms with Crippen molar-refractivity contribution >= 4 is 11.7 Å². The lowest BCUT2D eigenvalue weighted by molar-refractivity contribution is 0.0367. The highest BCUT2D eigenvalue weighted by Crippen LogP contribution is 2.19. The Labute approximate surface area is 146 Å². The van der Waals surface area contributed by atoms with Gasteiger partial charge in [0.1, 0.15) is 17.2 Å². The molecule has 136 valence electrons. The molecular formula is C18H24FN3O3. The van der Waals surface area contributed by atoms with Crippen LogP contribution in [0, 0.1) is 5.82 Å². The standard InChI is InChI=1S/C18H24FN3O3/c1-18(24,16-9-5-12-25-16)13-21-17(23)20-10-6-11-22(2)15-8-4-3-7-14(15)19/h3-5,7-9,12,24H,6,10-11,13H2,1-2H3,(H2,20,21,23). The topological polar surface area (TPSA) is 77.7 Å². The molecule has 1 unspecified atom stereocenters. The molecule has 0 fully saturated rings. The minimum Gasteiger partial charge on any atom is -0.466 e. The summed E-state index contributed by atoms with van der Waals surface area (Å²) in [6, 6.07) is 9.52. The van der Waals surface area contributed by atoms with Crippen LogP contribution in [0.4, 0.5) is 14.9 Å². The van der Waals surface area contributed by atoms with Crippen LogP contribution >= 0.6 is 0 Å². The van der Waals surface area contributed by atoms with Gasteiger partial charge in [-0.05, 0) is 37.6 Å². The zero-order valence-electron chi connectivity index (χ0n) is 14.5. The molecule has 0 saturated heterocycles. The van der Waals surface area contributed by atoms with Crippen LogP contribution in [-0.2, 0) is 5.60 Å². The maximum atomic E-state index is 13.7. The van der Waals surface area contributed by atoms with Crippen molar-refractivity contribution in [1.29, 1.82) is 0 Å². The fraction of sp³-hybridized carbons (Fsp3) is 0.389. The highest BCUT2D eigenvalue weighted by Gasteiger charge is 2.26. The van der Waals surface area contributed by atoms with E-state index in [0.29, 0.717) is 31.0 Å². The molecule has 2 aromatic rings. The molecule has 0 bridgehead atoms. The van der Waals surface area contributed by atoms with Gasteiger partial charge in [-0.1, -0.05) is 12.1 Å². The third kappa shape index (κ3) is 5.49. The number of hydrogen-bond acceptors (Lipinski definition) is 4. The smallest absolute Gasteiger partial charge is 0.314 e. The monoisotopic (exact) mass is 349 g/mol. The summed E-state index contributed by atoms with van der Waals surface area (Å²) in [6.45, 7) is 2.63. The van der Waals surface area contributed by atoms with Crippen molar-refractivity contribution in [1.82, 2.24) is 10.6 Å². The zero-order chi connectivity index (χ0) is 18.3. The van der Waals surface area contributed by atoms with Gasteiger partial charge in [0.2, 0.25) is 0 Å². The van der Waals surface area contributed by atoms with Crippen LogP contribution < -0.4 is 15.5 Å². The van der Waals surface area contributed by atoms with E-state index in [1.165, 1.54) is 12.3 Å². The molecular weight excluding hydrogens is 325 g/mol. The van der Waals surface area contributed by atoms with Crippen LogP contribution in [0.1, 0.15) is 19.1 Å². The van der Waals surface area contributed by atoms with Crippen molar-refractivity contribution in [2.75, 3.05) is 31.6 Å². The predicted octanol–water partition coefficient (Wildman–Crippen LogP) is 2.45. The Morgan fingerprint density at radius 3 is 2.72 bits per heavy atom. The van der Waals surface area contributed by atoms with E-state index >= 15 is 0 Å². The molecule has 0 aliphatic heterocycles. The summed E-state index contributed by atoms with van der Waals surface area (Å²) in [5.74, 6) is 0.121. The van der Waals surface area contributed by atoms with Crippen molar-refractivity contribution < 1.29 is 18.7 Å². The molecule has 0 saturated carbocycles. The van der Waals surface area contributed by atoms with E-state index in [1.807, 2.05) is 0 Å². The first kappa shape index (κ1) is 18.8. The summed E-state index contributed by atoms with van der Waals surface area (Å²) < 4.78 is 18.8. The SMILES string of the molecule is CN(CCCNC(=O)NCC(C)(O)c1ccco1)c1ccccc1F. The number of hydrogen-bond donors (Lipinski definition) is 3. The first-order chi connectivity index (χ1) is 11.9. The number of nitrogens with zero attached hydrogens (tertiary/aromatic N) is 1. The number of rotatable bonds is 8. The van der Waals surface area contributed by atoms with Crippen molar-refractivity contribution in [3.63, 3.8) is 0 Å². The number of para-hydroxylation sites is 1. The summed E-state index contributed by atoms with van der Waals surface area (Å²) in [5.41, 5.74) is -0.743. The molecule has 1 atom stereocenters. The lowest BCUT2D eigenvalue weighted by Crippen LogP contribution is -2.43. The third-order valence-electron chi connectivity index (χ3n) is 3.86. The van der Waals surface area contributed by atoms with E-state index in [9.17, 15) is 14.3 Å². The molecule has 1 aromatic heterocycles. The molecule has 3 N–H and O–H groups in total. The minimum absolute atomic E-state index is 0.0292. The average Bonchev–Trinajstić information content (AvgIpc) is 3.13. The van der Waals surface area contributed by atoms with Crippen LogP contribution in [0.2, 0.25) is 0 Å². The highest BCUT2D eigenvalue weighted by atomic mass is 19.1. The van der Waals surface area contributed by atoms with Gasteiger partial charge in [-0.3, -0.25) is 0 Å². The molecule has 0 radical (unpaired) electrons. The fourth-order valence-corrected chi connectivity index (χ4v) is 2.39. The zero-order valence-corrected chi connectivity index (χ0v) is 14.5. The van der Waals surface area contributed by atoms with E-state index in [-0.39, 0.29) is 18.4 Å². The van der Waals surface area contributed by atoms with Crippen molar-refractivity contribution in [3.8, 4) is 0 Å². The van der Waals surface area contributed by atoms with E-state index in [2.05, 4.69) is 10.6 Å². The molecule has 0 spiro atoms. The second kappa shape index (κ2) is 8.53. The van der Waals surface area contributed by atoms with Crippen LogP contribution in [0.3, 0.4) is 0 Å². The highest BCUT2D eigenvalue weighted by molar-refractivity contribution is 5.73. The van der Waals surface area contributed by atoms with E-state index in [4.69, 9.17) is 4.42 Å². The number of halogens is 1. The Balaban J connectivity index is 1.66. The van der Waals surface area contributed by atoms with Crippen LogP contribution in [-0.4, -0.2) is 37.8 Å². The van der Waals surface area contributed by atoms with Gasteiger partial charge in [0, 0.05) is 20.1 Å². The Bertz CT molecular complexity index is 674. The van der Waals surface area contributed by atoms with Crippen molar-refractivity contribution in [2.45, 2.75) is 18.9 Å². The molecule has 0 aliphatic carbocycles. The lowest BCUT2D eigenvalue weighted by atomic mass is 10.0. The van der Waals surface area contributed by atoms with Gasteiger partial charge in [-0.2, -0.15) is 0 Å². The van der Waals surface area contributed by atoms with Crippen LogP contribution in [0.15, 0.2) is 47.1 Å². The van der Waals surface area contributed by atoms with E-state index in [0.717, 1.165) is 0 Å². The molecule has 6 nitrogen and oxygen atoms in total. The number of furan rings is 1. The summed E-state index contributed by atoms with van der Waals surface area (Å²) in [5, 5.41) is 15.6. The van der Waals surface area contributed by atoms with Gasteiger partial charge in [-0.15, -0.1) is 0 Å². The maximum Gasteiger partial charge on any atom is 0.314 e. The summed E-state index contributed by atoms with van der Waals surface area (Å²) in [7, 11) is 1.80. The Hall–Kier alpha value is -2.54. The second-order valence-corrected chi connectivity index (χ2v) is 6.09. The number of benzene rings is 1. The van der Waals surface area contributed by atoms with Gasteiger partial charge >= 0.3 is 6.03 Å². The quantitative estimate of drug-likeness (QED) is 0.640. The van der Waals surface area contributed by atoms with E-state index < -0.39 is 5.60 Å². The van der Waals surface area contributed by atoms with Gasteiger partial charge in [0.25, 0.3) is 0 Å². The van der Waals surface area contributed by atoms with Crippen molar-refractivity contribution in [3.05, 3.63) is 54.2 Å². The summed E-state index contributed by atoms with van der Waals surface area (Å²) >= 11 is 0. The number of aliphatic hydroxyl groups is 1. The first-order valence-corrected chi connectivity index (χ1v) is 8.14. The molecule has 0 aliphatic rings. The predicted molar refractivity (Wildman–Crippen MR) is 94.0 cm³/mol. The Kier molecular flexibility index (Phi) is 6.41. The maximum absolute atomic E-state index is 13.7. The largest absolute Gasteiger partial charge is 0.466 e. The molecule has 25 heavy (non-hydrogen) atoms. The van der Waals surface area contributed by atoms with Gasteiger partial charge < -0.3 is 25.1 Å². The number of carbonyl (C=O) groups excluding carboxylic acids is 1. The molecule has 2 rings (SSSR count). The second-order valence-electron chi connectivity index (χ2n) is 6.09. The summed E-state index contributed by atoms with van der Waals surface area (Å²) in [6.07, 6.45) is 2.13. The van der Waals surface area contributed by atoms with Gasteiger partial charge in [-0.25, -0.2) is 9.18 Å². The van der Waals surface area contributed by atoms with Crippen LogP contribution in [0.25, 0.3) is 0 Å². The average molecular weight is 349 g/mol. The number of urea groups is 1. The molecule has 7 heteroatoms. The van der Waals surface area contributed by atoms with Crippen molar-refractivity contribution in [2.24, 2.45) is 0 Å². The first-order valence-electron chi connectivity index (χ1n) is 8.14. The number of amides is 2. The fourth-order valence-electron chi connectivity index (χ4n) is 2.39. The number of nitrogens with one attached hydrogen (secondary N) is 2. The molecule has 2 amide bonds. The normalized spacial score (nSPS) is 13.1. The van der Waals surface area contributed by atoms with Gasteiger partial charge in [0.15, 0.2) is 0 Å². The van der Waals surface area contributed by atoms with Crippen LogP contribution in [0.5, 0.6) is 0 Å². The molecule has 1 aromatic carbocycles. The number of anilines is 1. The van der Waals surface area contributed by atoms with Gasteiger partial charge in [0.05, 0.1) is 18.5 Å². The third-order valence-corrected chi connectivity index (χ3v) is 3.86. The number of carbonyl (C=O) groups is 1. The molecule has 1 heterocycles. The Morgan fingerprint density at radius 1 is 1.28 bits per heavy atom. The van der Waals surface area contributed by atoms with E-state index in [1.54, 1.807) is 49.2 Å². The minimum atomic E-state index is -1.27.